The second-order valence-corrected chi connectivity index (χ2v) is 5.53. The Morgan fingerprint density at radius 1 is 1.33 bits per heavy atom. The molecule has 1 aliphatic heterocycles. The lowest BCUT2D eigenvalue weighted by atomic mass is 9.89. The number of Topliss-reactive ketones (excluding diaryl/α,β-unsaturated/α-hetero) is 1. The monoisotopic (exact) mass is 247 g/mol. The Kier molecular flexibility index (Phi) is 3.44. The summed E-state index contributed by atoms with van der Waals surface area (Å²) >= 11 is 0. The zero-order valence-electron chi connectivity index (χ0n) is 11.6. The molecule has 3 heteroatoms. The van der Waals surface area contributed by atoms with Gasteiger partial charge in [-0.2, -0.15) is 0 Å². The molecule has 18 heavy (non-hydrogen) atoms. The number of aryl methyl sites for hydroxylation is 1. The third-order valence-corrected chi connectivity index (χ3v) is 3.85. The molecule has 1 aliphatic rings. The van der Waals surface area contributed by atoms with Crippen LogP contribution in [0.3, 0.4) is 0 Å². The van der Waals surface area contributed by atoms with Crippen LogP contribution in [0.1, 0.15) is 36.2 Å². The summed E-state index contributed by atoms with van der Waals surface area (Å²) in [5.74, 6) is 0.912. The molecule has 0 unspecified atom stereocenters. The van der Waals surface area contributed by atoms with Crippen LogP contribution in [0.15, 0.2) is 18.2 Å². The molecule has 1 heterocycles. The fraction of sp³-hybridized carbons (Fsp3) is 0.533. The first-order valence-electron chi connectivity index (χ1n) is 6.41. The van der Waals surface area contributed by atoms with Crippen LogP contribution in [0.2, 0.25) is 0 Å². The highest BCUT2D eigenvalue weighted by Crippen LogP contribution is 2.32. The van der Waals surface area contributed by atoms with Crippen LogP contribution in [-0.4, -0.2) is 36.9 Å². The van der Waals surface area contributed by atoms with Gasteiger partial charge in [-0.1, -0.05) is 12.1 Å². The average Bonchev–Trinajstić information content (AvgIpc) is 2.37. The summed E-state index contributed by atoms with van der Waals surface area (Å²) in [6.07, 6.45) is 2.03. The molecule has 1 aromatic rings. The lowest BCUT2D eigenvalue weighted by molar-refractivity contribution is 0.0750. The smallest absolute Gasteiger partial charge is 0.186 e. The van der Waals surface area contributed by atoms with Gasteiger partial charge in [-0.3, -0.25) is 9.69 Å². The first-order valence-corrected chi connectivity index (χ1v) is 6.41. The number of fused-ring (bicyclic) bond motifs is 1. The molecular formula is C15H21NO2. The first-order chi connectivity index (χ1) is 8.44. The molecule has 0 N–H and O–H groups in total. The summed E-state index contributed by atoms with van der Waals surface area (Å²) in [4.78, 5) is 14.6. The second kappa shape index (κ2) is 4.73. The van der Waals surface area contributed by atoms with Gasteiger partial charge in [-0.05, 0) is 52.4 Å². The Balaban J connectivity index is 2.43. The Labute approximate surface area is 109 Å². The van der Waals surface area contributed by atoms with Crippen molar-refractivity contribution < 1.29 is 9.53 Å². The van der Waals surface area contributed by atoms with Gasteiger partial charge in [0, 0.05) is 0 Å². The lowest BCUT2D eigenvalue weighted by Gasteiger charge is -2.32. The van der Waals surface area contributed by atoms with Crippen LogP contribution in [-0.2, 0) is 6.42 Å². The highest BCUT2D eigenvalue weighted by molar-refractivity contribution is 6.05. The summed E-state index contributed by atoms with van der Waals surface area (Å²) in [5, 5.41) is 0. The van der Waals surface area contributed by atoms with Crippen LogP contribution >= 0.6 is 0 Å². The van der Waals surface area contributed by atoms with E-state index in [0.717, 1.165) is 24.2 Å². The lowest BCUT2D eigenvalue weighted by Crippen LogP contribution is -2.45. The van der Waals surface area contributed by atoms with Crippen molar-refractivity contribution in [3.05, 3.63) is 29.3 Å². The number of hydrogen-bond donors (Lipinski definition) is 0. The molecule has 0 radical (unpaired) electrons. The quantitative estimate of drug-likeness (QED) is 0.769. The minimum atomic E-state index is -0.518. The van der Waals surface area contributed by atoms with E-state index in [0.29, 0.717) is 12.2 Å². The third kappa shape index (κ3) is 2.15. The summed E-state index contributed by atoms with van der Waals surface area (Å²) in [7, 11) is 3.85. The average molecular weight is 247 g/mol. The molecule has 0 saturated carbocycles. The predicted octanol–water partition coefficient (Wildman–Crippen LogP) is 2.53. The maximum absolute atomic E-state index is 12.7. The Hall–Kier alpha value is -1.35. The number of benzene rings is 1. The van der Waals surface area contributed by atoms with Gasteiger partial charge in [0.1, 0.15) is 5.75 Å². The van der Waals surface area contributed by atoms with Crippen molar-refractivity contribution in [1.82, 2.24) is 4.90 Å². The number of para-hydroxylation sites is 1. The molecule has 0 aliphatic carbocycles. The minimum absolute atomic E-state index is 0.117. The van der Waals surface area contributed by atoms with Gasteiger partial charge in [0.15, 0.2) is 5.78 Å². The van der Waals surface area contributed by atoms with Gasteiger partial charge >= 0.3 is 0 Å². The van der Waals surface area contributed by atoms with E-state index in [9.17, 15) is 4.79 Å². The van der Waals surface area contributed by atoms with Gasteiger partial charge in [0.2, 0.25) is 0 Å². The Morgan fingerprint density at radius 2 is 2.06 bits per heavy atom. The van der Waals surface area contributed by atoms with E-state index >= 15 is 0 Å². The molecular weight excluding hydrogens is 226 g/mol. The topological polar surface area (TPSA) is 29.5 Å². The van der Waals surface area contributed by atoms with E-state index in [1.165, 1.54) is 0 Å². The SMILES string of the molecule is CN(C)C(C)(C)C(=O)c1cccc2c1OCCC2. The van der Waals surface area contributed by atoms with Gasteiger partial charge in [-0.15, -0.1) is 0 Å². The fourth-order valence-corrected chi connectivity index (χ4v) is 2.10. The normalized spacial score (nSPS) is 15.2. The second-order valence-electron chi connectivity index (χ2n) is 5.53. The Morgan fingerprint density at radius 3 is 2.72 bits per heavy atom. The molecule has 0 spiro atoms. The summed E-state index contributed by atoms with van der Waals surface area (Å²) < 4.78 is 5.71. The zero-order valence-corrected chi connectivity index (χ0v) is 11.6. The number of carbonyl (C=O) groups is 1. The van der Waals surface area contributed by atoms with Crippen LogP contribution in [0.5, 0.6) is 5.75 Å². The van der Waals surface area contributed by atoms with Crippen LogP contribution in [0.4, 0.5) is 0 Å². The number of rotatable bonds is 3. The van der Waals surface area contributed by atoms with Gasteiger partial charge in [-0.25, -0.2) is 0 Å². The number of likely N-dealkylation sites (N-methyl/N-ethyl adjacent to an activating group) is 1. The van der Waals surface area contributed by atoms with Crippen LogP contribution in [0, 0.1) is 0 Å². The van der Waals surface area contributed by atoms with Crippen molar-refractivity contribution in [2.45, 2.75) is 32.2 Å². The fourth-order valence-electron chi connectivity index (χ4n) is 2.10. The van der Waals surface area contributed by atoms with Crippen molar-refractivity contribution in [3.8, 4) is 5.75 Å². The summed E-state index contributed by atoms with van der Waals surface area (Å²) in [5.41, 5.74) is 1.35. The van der Waals surface area contributed by atoms with Gasteiger partial charge < -0.3 is 4.74 Å². The molecule has 2 rings (SSSR count). The number of hydrogen-bond acceptors (Lipinski definition) is 3. The van der Waals surface area contributed by atoms with Crippen molar-refractivity contribution in [2.75, 3.05) is 20.7 Å². The molecule has 0 aromatic heterocycles. The van der Waals surface area contributed by atoms with Crippen molar-refractivity contribution in [3.63, 3.8) is 0 Å². The van der Waals surface area contributed by atoms with E-state index in [-0.39, 0.29) is 5.78 Å². The number of carbonyl (C=O) groups excluding carboxylic acids is 1. The van der Waals surface area contributed by atoms with Crippen LogP contribution in [0.25, 0.3) is 0 Å². The molecule has 0 bridgehead atoms. The maximum Gasteiger partial charge on any atom is 0.186 e. The highest BCUT2D eigenvalue weighted by atomic mass is 16.5. The Bertz CT molecular complexity index is 464. The van der Waals surface area contributed by atoms with E-state index in [4.69, 9.17) is 4.74 Å². The largest absolute Gasteiger partial charge is 0.493 e. The predicted molar refractivity (Wildman–Crippen MR) is 72.4 cm³/mol. The van der Waals surface area contributed by atoms with E-state index in [1.54, 1.807) is 0 Å². The van der Waals surface area contributed by atoms with Gasteiger partial charge in [0.25, 0.3) is 0 Å². The van der Waals surface area contributed by atoms with Crippen molar-refractivity contribution in [2.24, 2.45) is 0 Å². The van der Waals surface area contributed by atoms with Crippen molar-refractivity contribution in [1.29, 1.82) is 0 Å². The molecule has 98 valence electrons. The first kappa shape index (κ1) is 13.1. The minimum Gasteiger partial charge on any atom is -0.493 e. The highest BCUT2D eigenvalue weighted by Gasteiger charge is 2.33. The number of ketones is 1. The standard InChI is InChI=1S/C15H21NO2/c1-15(2,16(3)4)14(17)12-9-5-7-11-8-6-10-18-13(11)12/h5,7,9H,6,8,10H2,1-4H3. The summed E-state index contributed by atoms with van der Waals surface area (Å²) in [6.45, 7) is 4.59. The number of nitrogens with zero attached hydrogens (tertiary/aromatic N) is 1. The molecule has 0 fully saturated rings. The third-order valence-electron chi connectivity index (χ3n) is 3.85. The molecule has 0 saturated heterocycles. The molecule has 0 atom stereocenters. The number of ether oxygens (including phenoxy) is 1. The summed E-state index contributed by atoms with van der Waals surface area (Å²) in [6, 6.07) is 5.87. The van der Waals surface area contributed by atoms with E-state index in [2.05, 4.69) is 0 Å². The molecule has 0 amide bonds. The zero-order chi connectivity index (χ0) is 13.3. The van der Waals surface area contributed by atoms with Crippen LogP contribution < -0.4 is 4.74 Å². The van der Waals surface area contributed by atoms with Crippen molar-refractivity contribution >= 4 is 5.78 Å². The maximum atomic E-state index is 12.7. The molecule has 3 nitrogen and oxygen atoms in total. The van der Waals surface area contributed by atoms with E-state index in [1.807, 2.05) is 51.0 Å². The molecule has 1 aromatic carbocycles. The van der Waals surface area contributed by atoms with E-state index < -0.39 is 5.54 Å². The van der Waals surface area contributed by atoms with Gasteiger partial charge in [0.05, 0.1) is 17.7 Å².